The van der Waals surface area contributed by atoms with Crippen molar-refractivity contribution in [1.82, 2.24) is 15.6 Å². The lowest BCUT2D eigenvalue weighted by Crippen LogP contribution is -2.55. The molecule has 1 aromatic heterocycles. The van der Waals surface area contributed by atoms with Crippen LogP contribution in [0.5, 0.6) is 0 Å². The second-order valence-electron chi connectivity index (χ2n) is 5.75. The van der Waals surface area contributed by atoms with E-state index in [2.05, 4.69) is 15.6 Å². The van der Waals surface area contributed by atoms with Crippen molar-refractivity contribution in [1.29, 1.82) is 0 Å². The highest BCUT2D eigenvalue weighted by molar-refractivity contribution is 6.30. The molecule has 2 atom stereocenters. The molecule has 0 radical (unpaired) electrons. The van der Waals surface area contributed by atoms with E-state index in [1.54, 1.807) is 12.1 Å². The molecule has 3 rings (SSSR count). The second kappa shape index (κ2) is 8.67. The van der Waals surface area contributed by atoms with Crippen LogP contribution in [0, 0.1) is 6.92 Å². The van der Waals surface area contributed by atoms with Crippen molar-refractivity contribution < 1.29 is 13.9 Å². The minimum Gasteiger partial charge on any atom is -0.438 e. The average molecular weight is 386 g/mol. The molecule has 0 aliphatic carbocycles. The van der Waals surface area contributed by atoms with Gasteiger partial charge in [-0.25, -0.2) is 4.98 Å². The van der Waals surface area contributed by atoms with Gasteiger partial charge in [0.1, 0.15) is 6.04 Å². The summed E-state index contributed by atoms with van der Waals surface area (Å²) in [4.78, 5) is 16.6. The maximum atomic E-state index is 12.2. The average Bonchev–Trinajstić information content (AvgIpc) is 2.95. The summed E-state index contributed by atoms with van der Waals surface area (Å²) in [6.45, 7) is 5.27. The van der Waals surface area contributed by atoms with Gasteiger partial charge < -0.3 is 19.8 Å². The van der Waals surface area contributed by atoms with Gasteiger partial charge in [-0.2, -0.15) is 0 Å². The fraction of sp³-hybridized carbons (Fsp3) is 0.412. The molecule has 1 fully saturated rings. The molecule has 2 N–H and O–H groups in total. The van der Waals surface area contributed by atoms with E-state index in [9.17, 15) is 4.79 Å². The molecule has 1 aliphatic rings. The zero-order valence-electron chi connectivity index (χ0n) is 14.0. The van der Waals surface area contributed by atoms with Crippen LogP contribution in [0.25, 0.3) is 11.3 Å². The summed E-state index contributed by atoms with van der Waals surface area (Å²) in [6, 6.07) is 7.00. The standard InChI is InChI=1S/C17H20ClN3O3.ClH/c1-10-16(12-3-5-13(18)6-4-12)24-14(21-10)9-20-17(22)15-11(2)23-8-7-19-15;/h3-6,11,15,19H,7-9H2,1-2H3,(H,20,22);1H/t11-,15+;/m1./s1. The van der Waals surface area contributed by atoms with Crippen LogP contribution in [-0.2, 0) is 16.1 Å². The lowest BCUT2D eigenvalue weighted by molar-refractivity contribution is -0.129. The first kappa shape index (κ1) is 19.7. The summed E-state index contributed by atoms with van der Waals surface area (Å²) in [7, 11) is 0. The monoisotopic (exact) mass is 385 g/mol. The third-order valence-electron chi connectivity index (χ3n) is 3.96. The number of nitrogens with one attached hydrogen (secondary N) is 2. The minimum absolute atomic E-state index is 0. The van der Waals surface area contributed by atoms with Crippen LogP contribution in [-0.4, -0.2) is 36.2 Å². The Kier molecular flexibility index (Phi) is 6.84. The van der Waals surface area contributed by atoms with Gasteiger partial charge in [-0.1, -0.05) is 11.6 Å². The van der Waals surface area contributed by atoms with E-state index in [0.29, 0.717) is 29.8 Å². The molecule has 6 nitrogen and oxygen atoms in total. The van der Waals surface area contributed by atoms with Crippen LogP contribution in [0.3, 0.4) is 0 Å². The third kappa shape index (κ3) is 4.73. The number of amides is 1. The number of rotatable bonds is 4. The maximum Gasteiger partial charge on any atom is 0.240 e. The number of carbonyl (C=O) groups is 1. The van der Waals surface area contributed by atoms with Crippen molar-refractivity contribution in [2.45, 2.75) is 32.5 Å². The van der Waals surface area contributed by atoms with Gasteiger partial charge in [0, 0.05) is 17.1 Å². The zero-order valence-corrected chi connectivity index (χ0v) is 15.6. The Morgan fingerprint density at radius 2 is 2.12 bits per heavy atom. The van der Waals surface area contributed by atoms with Gasteiger partial charge in [-0.15, -0.1) is 12.4 Å². The number of halogens is 2. The smallest absolute Gasteiger partial charge is 0.240 e. The molecule has 1 amide bonds. The zero-order chi connectivity index (χ0) is 17.1. The number of ether oxygens (including phenoxy) is 1. The van der Waals surface area contributed by atoms with Crippen LogP contribution < -0.4 is 10.6 Å². The molecular formula is C17H21Cl2N3O3. The van der Waals surface area contributed by atoms with Crippen molar-refractivity contribution in [2.75, 3.05) is 13.2 Å². The number of oxazole rings is 1. The number of aromatic nitrogens is 1. The van der Waals surface area contributed by atoms with E-state index < -0.39 is 0 Å². The molecule has 0 saturated carbocycles. The summed E-state index contributed by atoms with van der Waals surface area (Å²) in [5, 5.41) is 6.66. The molecule has 0 bridgehead atoms. The fourth-order valence-corrected chi connectivity index (χ4v) is 2.82. The van der Waals surface area contributed by atoms with Crippen molar-refractivity contribution >= 4 is 29.9 Å². The minimum atomic E-state index is -0.356. The topological polar surface area (TPSA) is 76.4 Å². The molecule has 2 aromatic rings. The molecule has 0 spiro atoms. The largest absolute Gasteiger partial charge is 0.438 e. The Morgan fingerprint density at radius 3 is 2.80 bits per heavy atom. The molecule has 1 saturated heterocycles. The number of hydrogen-bond acceptors (Lipinski definition) is 5. The number of hydrogen-bond donors (Lipinski definition) is 2. The lowest BCUT2D eigenvalue weighted by Gasteiger charge is -2.29. The second-order valence-corrected chi connectivity index (χ2v) is 6.19. The first-order valence-corrected chi connectivity index (χ1v) is 8.27. The number of aryl methyl sites for hydroxylation is 1. The normalized spacial score (nSPS) is 20.0. The Balaban J connectivity index is 0.00000225. The summed E-state index contributed by atoms with van der Waals surface area (Å²) in [6.07, 6.45) is -0.158. The van der Waals surface area contributed by atoms with Gasteiger partial charge >= 0.3 is 0 Å². The van der Waals surface area contributed by atoms with Crippen molar-refractivity contribution in [3.05, 3.63) is 40.9 Å². The van der Waals surface area contributed by atoms with Gasteiger partial charge in [0.05, 0.1) is 24.9 Å². The molecule has 25 heavy (non-hydrogen) atoms. The van der Waals surface area contributed by atoms with Crippen LogP contribution in [0.1, 0.15) is 18.5 Å². The van der Waals surface area contributed by atoms with E-state index in [0.717, 1.165) is 11.3 Å². The first-order chi connectivity index (χ1) is 11.5. The molecule has 2 heterocycles. The molecule has 8 heteroatoms. The summed E-state index contributed by atoms with van der Waals surface area (Å²) in [5.41, 5.74) is 1.67. The lowest BCUT2D eigenvalue weighted by atomic mass is 10.1. The quantitative estimate of drug-likeness (QED) is 0.845. The van der Waals surface area contributed by atoms with Gasteiger partial charge in [-0.05, 0) is 38.1 Å². The van der Waals surface area contributed by atoms with Gasteiger partial charge in [0.25, 0.3) is 0 Å². The Labute approximate surface area is 157 Å². The molecule has 1 aromatic carbocycles. The van der Waals surface area contributed by atoms with Gasteiger partial charge in [0.15, 0.2) is 5.76 Å². The SMILES string of the molecule is Cc1nc(CNC(=O)[C@H]2NCCO[C@@H]2C)oc1-c1ccc(Cl)cc1.Cl. The summed E-state index contributed by atoms with van der Waals surface area (Å²) < 4.78 is 11.3. The molecule has 1 aliphatic heterocycles. The van der Waals surface area contributed by atoms with Crippen molar-refractivity contribution in [3.8, 4) is 11.3 Å². The van der Waals surface area contributed by atoms with E-state index in [1.807, 2.05) is 26.0 Å². The predicted octanol–water partition coefficient (Wildman–Crippen LogP) is 2.72. The molecular weight excluding hydrogens is 365 g/mol. The first-order valence-electron chi connectivity index (χ1n) is 7.89. The number of nitrogens with zero attached hydrogens (tertiary/aromatic N) is 1. The molecule has 0 unspecified atom stereocenters. The van der Waals surface area contributed by atoms with Crippen LogP contribution in [0.4, 0.5) is 0 Å². The van der Waals surface area contributed by atoms with Gasteiger partial charge in [0.2, 0.25) is 11.8 Å². The molecule has 136 valence electrons. The van der Waals surface area contributed by atoms with E-state index in [4.69, 9.17) is 20.8 Å². The highest BCUT2D eigenvalue weighted by atomic mass is 35.5. The van der Waals surface area contributed by atoms with E-state index in [1.165, 1.54) is 0 Å². The Morgan fingerprint density at radius 1 is 1.40 bits per heavy atom. The van der Waals surface area contributed by atoms with E-state index >= 15 is 0 Å². The van der Waals surface area contributed by atoms with Crippen molar-refractivity contribution in [3.63, 3.8) is 0 Å². The van der Waals surface area contributed by atoms with Crippen LogP contribution in [0.2, 0.25) is 5.02 Å². The number of carbonyl (C=O) groups excluding carboxylic acids is 1. The summed E-state index contributed by atoms with van der Waals surface area (Å²) >= 11 is 5.90. The summed E-state index contributed by atoms with van der Waals surface area (Å²) in [5.74, 6) is 1.03. The van der Waals surface area contributed by atoms with Gasteiger partial charge in [-0.3, -0.25) is 4.79 Å². The number of benzene rings is 1. The predicted molar refractivity (Wildman–Crippen MR) is 98.0 cm³/mol. The van der Waals surface area contributed by atoms with Crippen molar-refractivity contribution in [2.24, 2.45) is 0 Å². The Bertz CT molecular complexity index is 718. The van der Waals surface area contributed by atoms with Crippen LogP contribution >= 0.6 is 24.0 Å². The fourth-order valence-electron chi connectivity index (χ4n) is 2.70. The Hall–Kier alpha value is -1.60. The highest BCUT2D eigenvalue weighted by Gasteiger charge is 2.28. The highest BCUT2D eigenvalue weighted by Crippen LogP contribution is 2.25. The van der Waals surface area contributed by atoms with E-state index in [-0.39, 0.29) is 37.0 Å². The number of morpholine rings is 1. The third-order valence-corrected chi connectivity index (χ3v) is 4.21. The van der Waals surface area contributed by atoms with Crippen LogP contribution in [0.15, 0.2) is 28.7 Å². The maximum absolute atomic E-state index is 12.2.